The van der Waals surface area contributed by atoms with E-state index < -0.39 is 5.91 Å². The molecule has 0 unspecified atom stereocenters. The van der Waals surface area contributed by atoms with Gasteiger partial charge in [-0.25, -0.2) is 4.90 Å². The molecule has 29 heavy (non-hydrogen) atoms. The summed E-state index contributed by atoms with van der Waals surface area (Å²) < 4.78 is 0. The SMILES string of the molecule is O=C(Nc1cc(N2C(=O)[C@H]3CCCC[C@@H]3C2=O)ccc1Cl)c1ccc(Cl)cc1Cl. The Bertz CT molecular complexity index is 1000. The highest BCUT2D eigenvalue weighted by Crippen LogP contribution is 2.41. The first-order valence-corrected chi connectivity index (χ1v) is 10.4. The first-order valence-electron chi connectivity index (χ1n) is 9.30. The van der Waals surface area contributed by atoms with Gasteiger partial charge in [0.05, 0.1) is 38.8 Å². The molecular formula is C21H17Cl3N2O3. The Morgan fingerprint density at radius 2 is 1.55 bits per heavy atom. The van der Waals surface area contributed by atoms with Gasteiger partial charge in [0.2, 0.25) is 11.8 Å². The van der Waals surface area contributed by atoms with Gasteiger partial charge in [0.1, 0.15) is 0 Å². The smallest absolute Gasteiger partial charge is 0.257 e. The van der Waals surface area contributed by atoms with Crippen LogP contribution in [-0.4, -0.2) is 17.7 Å². The summed E-state index contributed by atoms with van der Waals surface area (Å²) in [5.74, 6) is -1.34. The number of carbonyl (C=O) groups excluding carboxylic acids is 3. The minimum Gasteiger partial charge on any atom is -0.321 e. The predicted octanol–water partition coefficient (Wildman–Crippen LogP) is 5.58. The van der Waals surface area contributed by atoms with Crippen LogP contribution in [0.15, 0.2) is 36.4 Å². The van der Waals surface area contributed by atoms with E-state index in [2.05, 4.69) is 5.32 Å². The van der Waals surface area contributed by atoms with Crippen LogP contribution in [0.3, 0.4) is 0 Å². The fourth-order valence-corrected chi connectivity index (χ4v) is 4.69. The van der Waals surface area contributed by atoms with Gasteiger partial charge in [0, 0.05) is 5.02 Å². The third-order valence-corrected chi connectivity index (χ3v) is 6.35. The molecule has 8 heteroatoms. The molecule has 2 aromatic rings. The lowest BCUT2D eigenvalue weighted by Gasteiger charge is -2.19. The summed E-state index contributed by atoms with van der Waals surface area (Å²) >= 11 is 18.2. The first-order chi connectivity index (χ1) is 13.9. The maximum atomic E-state index is 12.8. The van der Waals surface area contributed by atoms with Crippen molar-refractivity contribution in [1.29, 1.82) is 0 Å². The van der Waals surface area contributed by atoms with E-state index in [1.807, 2.05) is 0 Å². The van der Waals surface area contributed by atoms with Gasteiger partial charge in [0.15, 0.2) is 0 Å². The highest BCUT2D eigenvalue weighted by molar-refractivity contribution is 6.38. The molecule has 0 aromatic heterocycles. The van der Waals surface area contributed by atoms with E-state index in [4.69, 9.17) is 34.8 Å². The molecule has 1 saturated carbocycles. The fraction of sp³-hybridized carbons (Fsp3) is 0.286. The Morgan fingerprint density at radius 3 is 2.17 bits per heavy atom. The van der Waals surface area contributed by atoms with E-state index >= 15 is 0 Å². The monoisotopic (exact) mass is 450 g/mol. The highest BCUT2D eigenvalue weighted by atomic mass is 35.5. The van der Waals surface area contributed by atoms with Crippen LogP contribution in [0.4, 0.5) is 11.4 Å². The zero-order chi connectivity index (χ0) is 20.7. The number of anilines is 2. The lowest BCUT2D eigenvalue weighted by molar-refractivity contribution is -0.122. The van der Waals surface area contributed by atoms with Gasteiger partial charge in [0.25, 0.3) is 5.91 Å². The second-order valence-electron chi connectivity index (χ2n) is 7.25. The number of nitrogens with zero attached hydrogens (tertiary/aromatic N) is 1. The van der Waals surface area contributed by atoms with Crippen LogP contribution >= 0.6 is 34.8 Å². The van der Waals surface area contributed by atoms with Crippen LogP contribution in [0.1, 0.15) is 36.0 Å². The molecule has 1 aliphatic carbocycles. The van der Waals surface area contributed by atoms with E-state index in [0.717, 1.165) is 25.7 Å². The maximum absolute atomic E-state index is 12.8. The number of fused-ring (bicyclic) bond motifs is 1. The number of nitrogens with one attached hydrogen (secondary N) is 1. The molecule has 2 aliphatic rings. The lowest BCUT2D eigenvalue weighted by atomic mass is 9.81. The fourth-order valence-electron chi connectivity index (χ4n) is 4.03. The Kier molecular flexibility index (Phi) is 5.56. The van der Waals surface area contributed by atoms with Crippen LogP contribution in [0.5, 0.6) is 0 Å². The molecule has 0 radical (unpaired) electrons. The molecule has 150 valence electrons. The Balaban J connectivity index is 1.62. The van der Waals surface area contributed by atoms with Crippen LogP contribution in [0.2, 0.25) is 15.1 Å². The molecule has 2 aromatic carbocycles. The summed E-state index contributed by atoms with van der Waals surface area (Å²) in [7, 11) is 0. The van der Waals surface area contributed by atoms with Crippen LogP contribution in [0.25, 0.3) is 0 Å². The summed E-state index contributed by atoms with van der Waals surface area (Å²) in [6.45, 7) is 0. The second-order valence-corrected chi connectivity index (χ2v) is 8.50. The third kappa shape index (κ3) is 3.75. The van der Waals surface area contributed by atoms with Crippen molar-refractivity contribution in [3.63, 3.8) is 0 Å². The van der Waals surface area contributed by atoms with Crippen molar-refractivity contribution >= 4 is 63.9 Å². The van der Waals surface area contributed by atoms with E-state index in [9.17, 15) is 14.4 Å². The average Bonchev–Trinajstić information content (AvgIpc) is 2.94. The molecule has 2 atom stereocenters. The average molecular weight is 452 g/mol. The molecule has 4 rings (SSSR count). The zero-order valence-electron chi connectivity index (χ0n) is 15.3. The van der Waals surface area contributed by atoms with Crippen molar-refractivity contribution in [3.8, 4) is 0 Å². The summed E-state index contributed by atoms with van der Waals surface area (Å²) in [4.78, 5) is 39.5. The van der Waals surface area contributed by atoms with E-state index in [0.29, 0.717) is 10.7 Å². The van der Waals surface area contributed by atoms with Crippen molar-refractivity contribution in [2.75, 3.05) is 10.2 Å². The second kappa shape index (κ2) is 7.98. The Labute approximate surface area is 182 Å². The van der Waals surface area contributed by atoms with Crippen molar-refractivity contribution in [2.24, 2.45) is 11.8 Å². The van der Waals surface area contributed by atoms with Gasteiger partial charge < -0.3 is 5.32 Å². The van der Waals surface area contributed by atoms with E-state index in [-0.39, 0.29) is 44.9 Å². The highest BCUT2D eigenvalue weighted by Gasteiger charge is 2.48. The maximum Gasteiger partial charge on any atom is 0.257 e. The van der Waals surface area contributed by atoms with Crippen molar-refractivity contribution in [1.82, 2.24) is 0 Å². The molecule has 3 amide bonds. The number of halogens is 3. The number of rotatable bonds is 3. The molecule has 1 aliphatic heterocycles. The third-order valence-electron chi connectivity index (χ3n) is 5.47. The summed E-state index contributed by atoms with van der Waals surface area (Å²) in [6.07, 6.45) is 3.38. The van der Waals surface area contributed by atoms with Crippen molar-refractivity contribution in [2.45, 2.75) is 25.7 Å². The molecule has 0 spiro atoms. The van der Waals surface area contributed by atoms with E-state index in [1.165, 1.54) is 23.1 Å². The predicted molar refractivity (Wildman–Crippen MR) is 114 cm³/mol. The van der Waals surface area contributed by atoms with E-state index in [1.54, 1.807) is 18.2 Å². The first kappa shape index (κ1) is 20.2. The van der Waals surface area contributed by atoms with Crippen molar-refractivity contribution in [3.05, 3.63) is 57.0 Å². The molecule has 1 N–H and O–H groups in total. The zero-order valence-corrected chi connectivity index (χ0v) is 17.5. The normalized spacial score (nSPS) is 21.3. The van der Waals surface area contributed by atoms with Gasteiger partial charge in [-0.15, -0.1) is 0 Å². The number of hydrogen-bond donors (Lipinski definition) is 1. The summed E-state index contributed by atoms with van der Waals surface area (Å²) in [5.41, 5.74) is 0.920. The minimum atomic E-state index is -0.474. The number of hydrogen-bond acceptors (Lipinski definition) is 3. The van der Waals surface area contributed by atoms with Crippen LogP contribution < -0.4 is 10.2 Å². The largest absolute Gasteiger partial charge is 0.321 e. The standard InChI is InChI=1S/C21H17Cl3N2O3/c22-11-5-7-15(17(24)9-11)19(27)25-18-10-12(6-8-16(18)23)26-20(28)13-3-1-2-4-14(13)21(26)29/h5-10,13-14H,1-4H2,(H,25,27)/t13-,14-/m0/s1. The van der Waals surface area contributed by atoms with Crippen molar-refractivity contribution < 1.29 is 14.4 Å². The van der Waals surface area contributed by atoms with Gasteiger partial charge in [-0.05, 0) is 49.2 Å². The molecule has 0 bridgehead atoms. The quantitative estimate of drug-likeness (QED) is 0.620. The number of imide groups is 1. The van der Waals surface area contributed by atoms with Gasteiger partial charge in [-0.3, -0.25) is 14.4 Å². The van der Waals surface area contributed by atoms with Gasteiger partial charge in [-0.1, -0.05) is 47.6 Å². The number of amides is 3. The summed E-state index contributed by atoms with van der Waals surface area (Å²) in [5, 5.41) is 3.60. The molecular weight excluding hydrogens is 435 g/mol. The summed E-state index contributed by atoms with van der Waals surface area (Å²) in [6, 6.07) is 9.25. The van der Waals surface area contributed by atoms with Crippen LogP contribution in [-0.2, 0) is 9.59 Å². The topological polar surface area (TPSA) is 66.5 Å². The van der Waals surface area contributed by atoms with Gasteiger partial charge in [-0.2, -0.15) is 0 Å². The molecule has 1 saturated heterocycles. The Morgan fingerprint density at radius 1 is 0.897 bits per heavy atom. The molecule has 1 heterocycles. The van der Waals surface area contributed by atoms with Gasteiger partial charge >= 0.3 is 0 Å². The molecule has 2 fully saturated rings. The Hall–Kier alpha value is -2.08. The number of carbonyl (C=O) groups is 3. The lowest BCUT2D eigenvalue weighted by Crippen LogP contribution is -2.31. The molecule has 5 nitrogen and oxygen atoms in total. The van der Waals surface area contributed by atoms with Crippen LogP contribution in [0, 0.1) is 11.8 Å². The number of benzene rings is 2. The minimum absolute atomic E-state index is 0.181.